The Labute approximate surface area is 162 Å². The van der Waals surface area contributed by atoms with Gasteiger partial charge in [0.1, 0.15) is 6.10 Å². The normalized spacial score (nSPS) is 11.4. The van der Waals surface area contributed by atoms with Gasteiger partial charge in [-0.2, -0.15) is 5.26 Å². The second-order valence-electron chi connectivity index (χ2n) is 5.87. The summed E-state index contributed by atoms with van der Waals surface area (Å²) >= 11 is 0. The minimum atomic E-state index is -0.623. The second-order valence-corrected chi connectivity index (χ2v) is 5.87. The number of hydrogen-bond donors (Lipinski definition) is 2. The lowest BCUT2D eigenvalue weighted by Crippen LogP contribution is -2.31. The number of carbonyl (C=O) groups excluding carboxylic acids is 1. The number of carbonyl (C=O) groups is 1. The summed E-state index contributed by atoms with van der Waals surface area (Å²) in [6.07, 6.45) is -1.17. The molecule has 0 spiro atoms. The number of hydrogen-bond acceptors (Lipinski definition) is 7. The van der Waals surface area contributed by atoms with E-state index in [1.807, 2.05) is 26.8 Å². The van der Waals surface area contributed by atoms with Crippen LogP contribution in [0.15, 0.2) is 0 Å². The van der Waals surface area contributed by atoms with Crippen molar-refractivity contribution in [1.82, 2.24) is 10.6 Å². The van der Waals surface area contributed by atoms with Gasteiger partial charge in [0.05, 0.1) is 58.7 Å². The Morgan fingerprint density at radius 3 is 2.37 bits per heavy atom. The molecule has 2 N–H and O–H groups in total. The molecule has 0 aliphatic carbocycles. The first-order valence-corrected chi connectivity index (χ1v) is 9.33. The van der Waals surface area contributed by atoms with Crippen molar-refractivity contribution in [2.45, 2.75) is 33.3 Å². The summed E-state index contributed by atoms with van der Waals surface area (Å²) in [5.41, 5.74) is 0. The summed E-state index contributed by atoms with van der Waals surface area (Å²) in [4.78, 5) is 11.7. The van der Waals surface area contributed by atoms with Crippen molar-refractivity contribution >= 4 is 6.09 Å². The Morgan fingerprint density at radius 2 is 1.74 bits per heavy atom. The molecule has 0 fully saturated rings. The van der Waals surface area contributed by atoms with Gasteiger partial charge in [0.25, 0.3) is 0 Å². The molecule has 0 saturated carbocycles. The van der Waals surface area contributed by atoms with Crippen molar-refractivity contribution < 1.29 is 23.7 Å². The van der Waals surface area contributed by atoms with Gasteiger partial charge in [-0.3, -0.25) is 0 Å². The lowest BCUT2D eigenvalue weighted by atomic mass is 10.2. The number of rotatable bonds is 15. The van der Waals surface area contributed by atoms with Gasteiger partial charge in [0.2, 0.25) is 0 Å². The number of nitriles is 1. The van der Waals surface area contributed by atoms with Crippen molar-refractivity contribution in [3.8, 4) is 17.9 Å². The summed E-state index contributed by atoms with van der Waals surface area (Å²) < 4.78 is 21.3. The van der Waals surface area contributed by atoms with E-state index in [0.717, 1.165) is 13.1 Å². The van der Waals surface area contributed by atoms with Gasteiger partial charge in [-0.25, -0.2) is 4.79 Å². The summed E-state index contributed by atoms with van der Waals surface area (Å²) in [6, 6.07) is 1.98. The minimum absolute atomic E-state index is 0.0611. The summed E-state index contributed by atoms with van der Waals surface area (Å²) in [6.45, 7) is 10.5. The molecule has 0 rings (SSSR count). The molecule has 8 nitrogen and oxygen atoms in total. The predicted molar refractivity (Wildman–Crippen MR) is 102 cm³/mol. The van der Waals surface area contributed by atoms with Crippen LogP contribution in [-0.2, 0) is 18.9 Å². The van der Waals surface area contributed by atoms with Crippen molar-refractivity contribution in [3.05, 3.63) is 0 Å². The largest absolute Gasteiger partial charge is 0.443 e. The van der Waals surface area contributed by atoms with Crippen molar-refractivity contribution in [2.24, 2.45) is 5.92 Å². The molecule has 0 saturated heterocycles. The maximum Gasteiger partial charge on any atom is 0.408 e. The Bertz CT molecular complexity index is 468. The quantitative estimate of drug-likeness (QED) is 0.325. The van der Waals surface area contributed by atoms with E-state index in [-0.39, 0.29) is 25.5 Å². The highest BCUT2D eigenvalue weighted by molar-refractivity contribution is 5.67. The van der Waals surface area contributed by atoms with Crippen LogP contribution in [0.3, 0.4) is 0 Å². The average Bonchev–Trinajstić information content (AvgIpc) is 2.63. The number of nitrogens with one attached hydrogen (secondary N) is 2. The molecular formula is C19H33N3O5. The minimum Gasteiger partial charge on any atom is -0.443 e. The molecule has 0 aromatic heterocycles. The highest BCUT2D eigenvalue weighted by atomic mass is 16.6. The molecule has 1 unspecified atom stereocenters. The van der Waals surface area contributed by atoms with E-state index in [0.29, 0.717) is 33.0 Å². The van der Waals surface area contributed by atoms with Crippen molar-refractivity contribution in [1.29, 1.82) is 5.26 Å². The van der Waals surface area contributed by atoms with Crippen LogP contribution in [0.2, 0.25) is 0 Å². The van der Waals surface area contributed by atoms with Gasteiger partial charge in [-0.1, -0.05) is 32.6 Å². The van der Waals surface area contributed by atoms with E-state index < -0.39 is 12.2 Å². The van der Waals surface area contributed by atoms with Crippen LogP contribution in [0.25, 0.3) is 0 Å². The topological polar surface area (TPSA) is 102 Å². The number of likely N-dealkylation sites (N-methyl/N-ethyl adjacent to an activating group) is 1. The van der Waals surface area contributed by atoms with Gasteiger partial charge < -0.3 is 29.6 Å². The molecule has 0 aliphatic heterocycles. The highest BCUT2D eigenvalue weighted by Crippen LogP contribution is 2.00. The van der Waals surface area contributed by atoms with Crippen LogP contribution in [0.4, 0.5) is 4.79 Å². The smallest absolute Gasteiger partial charge is 0.408 e. The van der Waals surface area contributed by atoms with Crippen LogP contribution in [0, 0.1) is 29.1 Å². The second kappa shape index (κ2) is 18.9. The fraction of sp³-hybridized carbons (Fsp3) is 0.789. The number of nitrogens with zero attached hydrogens (tertiary/aromatic N) is 1. The van der Waals surface area contributed by atoms with Crippen molar-refractivity contribution in [2.75, 3.05) is 59.3 Å². The Morgan fingerprint density at radius 1 is 1.07 bits per heavy atom. The summed E-state index contributed by atoms with van der Waals surface area (Å²) in [5, 5.41) is 14.5. The van der Waals surface area contributed by atoms with Crippen LogP contribution in [0.5, 0.6) is 0 Å². The van der Waals surface area contributed by atoms with E-state index in [2.05, 4.69) is 22.5 Å². The standard InChI is InChI=1S/C19H33N3O5/c1-4-21-10-11-24-12-13-25-14-15-26-16-18(7-8-20)27-19(23)22-9-5-6-17(2)3/h17-18,21H,4,7,9-16H2,1-3H3,(H,22,23). The number of alkyl carbamates (subject to hydrolysis) is 1. The molecule has 0 aromatic rings. The van der Waals surface area contributed by atoms with E-state index in [1.165, 1.54) is 0 Å². The van der Waals surface area contributed by atoms with Gasteiger partial charge in [-0.15, -0.1) is 0 Å². The monoisotopic (exact) mass is 383 g/mol. The van der Waals surface area contributed by atoms with Crippen molar-refractivity contribution in [3.63, 3.8) is 0 Å². The highest BCUT2D eigenvalue weighted by Gasteiger charge is 2.14. The van der Waals surface area contributed by atoms with Gasteiger partial charge in [0.15, 0.2) is 0 Å². The third kappa shape index (κ3) is 18.7. The Balaban J connectivity index is 3.71. The lowest BCUT2D eigenvalue weighted by Gasteiger charge is -2.15. The van der Waals surface area contributed by atoms with Gasteiger partial charge in [0, 0.05) is 12.5 Å². The Hall–Kier alpha value is -1.84. The fourth-order valence-electron chi connectivity index (χ4n) is 1.78. The number of ether oxygens (including phenoxy) is 4. The van der Waals surface area contributed by atoms with Gasteiger partial charge in [-0.05, 0) is 6.54 Å². The SMILES string of the molecule is CCNCCOCCOCCOCC(CC#N)OC(=O)NCC#CC(C)C. The number of amides is 1. The van der Waals surface area contributed by atoms with E-state index in [9.17, 15) is 4.79 Å². The zero-order valence-electron chi connectivity index (χ0n) is 16.7. The molecule has 27 heavy (non-hydrogen) atoms. The third-order valence-corrected chi connectivity index (χ3v) is 3.03. The van der Waals surface area contributed by atoms with E-state index >= 15 is 0 Å². The van der Waals surface area contributed by atoms with Gasteiger partial charge >= 0.3 is 6.09 Å². The first-order chi connectivity index (χ1) is 13.1. The molecule has 0 aromatic carbocycles. The van der Waals surface area contributed by atoms with Crippen LogP contribution in [0.1, 0.15) is 27.2 Å². The zero-order valence-corrected chi connectivity index (χ0v) is 16.7. The maximum atomic E-state index is 11.7. The summed E-state index contributed by atoms with van der Waals surface area (Å²) in [7, 11) is 0. The molecular weight excluding hydrogens is 350 g/mol. The fourth-order valence-corrected chi connectivity index (χ4v) is 1.78. The molecule has 8 heteroatoms. The van der Waals surface area contributed by atoms with Crippen LogP contribution >= 0.6 is 0 Å². The molecule has 1 amide bonds. The molecule has 1 atom stereocenters. The van der Waals surface area contributed by atoms with Crippen LogP contribution < -0.4 is 10.6 Å². The van der Waals surface area contributed by atoms with Crippen LogP contribution in [-0.4, -0.2) is 71.5 Å². The lowest BCUT2D eigenvalue weighted by molar-refractivity contribution is -0.0132. The molecule has 154 valence electrons. The maximum absolute atomic E-state index is 11.7. The predicted octanol–water partition coefficient (Wildman–Crippen LogP) is 1.31. The first-order valence-electron chi connectivity index (χ1n) is 9.33. The first kappa shape index (κ1) is 25.2. The molecule has 0 aliphatic rings. The zero-order chi connectivity index (χ0) is 20.2. The molecule has 0 radical (unpaired) electrons. The molecule has 0 bridgehead atoms. The Kier molecular flexibility index (Phi) is 17.6. The third-order valence-electron chi connectivity index (χ3n) is 3.03. The van der Waals surface area contributed by atoms with E-state index in [4.69, 9.17) is 24.2 Å². The average molecular weight is 383 g/mol. The summed E-state index contributed by atoms with van der Waals surface area (Å²) in [5.74, 6) is 6.00. The van der Waals surface area contributed by atoms with E-state index in [1.54, 1.807) is 0 Å². The molecule has 0 heterocycles.